The molecule has 0 bridgehead atoms. The standard InChI is InChI=1S/C6H5F9O.C3H5F3/c1-3(7,8)4(9,10)2-5(11,12)6(13,14)16-15;1-2-3(4,5)6/h2H2,1H3;2H2,1H3. The van der Waals surface area contributed by atoms with E-state index < -0.39 is 49.8 Å². The van der Waals surface area contributed by atoms with Crippen LogP contribution in [0.1, 0.15) is 26.7 Å². The molecule has 0 aliphatic heterocycles. The maximum atomic E-state index is 12.4. The van der Waals surface area contributed by atoms with Crippen molar-refractivity contribution in [3.63, 3.8) is 0 Å². The van der Waals surface area contributed by atoms with E-state index in [2.05, 4.69) is 0 Å². The Balaban J connectivity index is 0. The highest BCUT2D eigenvalue weighted by atomic mass is 19.4. The Morgan fingerprint density at radius 2 is 1.05 bits per heavy atom. The van der Waals surface area contributed by atoms with Gasteiger partial charge in [-0.15, -0.1) is 4.94 Å². The number of rotatable bonds is 5. The van der Waals surface area contributed by atoms with Gasteiger partial charge in [-0.1, -0.05) is 6.92 Å². The van der Waals surface area contributed by atoms with Crippen LogP contribution in [0.2, 0.25) is 0 Å². The van der Waals surface area contributed by atoms with E-state index in [-0.39, 0.29) is 0 Å². The minimum atomic E-state index is -5.90. The molecule has 0 atom stereocenters. The summed E-state index contributed by atoms with van der Waals surface area (Å²) in [6, 6.07) is 0. The Hall–Kier alpha value is -0.880. The summed E-state index contributed by atoms with van der Waals surface area (Å²) in [4.78, 5) is 1.50. The number of hydrogen-bond acceptors (Lipinski definition) is 1. The van der Waals surface area contributed by atoms with Gasteiger partial charge < -0.3 is 0 Å². The van der Waals surface area contributed by atoms with E-state index in [4.69, 9.17) is 0 Å². The van der Waals surface area contributed by atoms with Crippen LogP contribution in [-0.2, 0) is 4.94 Å². The third-order valence-corrected chi connectivity index (χ3v) is 2.01. The fraction of sp³-hybridized carbons (Fsp3) is 1.00. The highest BCUT2D eigenvalue weighted by molar-refractivity contribution is 4.89. The van der Waals surface area contributed by atoms with Crippen molar-refractivity contribution in [1.29, 1.82) is 0 Å². The molecular weight excluding hydrogens is 352 g/mol. The highest BCUT2D eigenvalue weighted by Gasteiger charge is 2.67. The molecule has 0 spiro atoms. The summed E-state index contributed by atoms with van der Waals surface area (Å²) in [5, 5.41) is 0. The van der Waals surface area contributed by atoms with Gasteiger partial charge in [-0.05, 0) is 4.53 Å². The van der Waals surface area contributed by atoms with Crippen molar-refractivity contribution in [2.24, 2.45) is 0 Å². The first kappa shape index (κ1) is 23.4. The molecule has 0 rings (SSSR count). The lowest BCUT2D eigenvalue weighted by Crippen LogP contribution is -2.50. The summed E-state index contributed by atoms with van der Waals surface area (Å²) in [5.74, 6) is -16.2. The van der Waals surface area contributed by atoms with Crippen LogP contribution in [0.3, 0.4) is 0 Å². The topological polar surface area (TPSA) is 9.23 Å². The molecule has 0 aromatic carbocycles. The lowest BCUT2D eigenvalue weighted by Gasteiger charge is -2.29. The average molecular weight is 362 g/mol. The molecule has 0 amide bonds. The zero-order chi connectivity index (χ0) is 18.6. The number of alkyl halides is 11. The predicted octanol–water partition coefficient (Wildman–Crippen LogP) is 5.75. The Morgan fingerprint density at radius 1 is 0.727 bits per heavy atom. The van der Waals surface area contributed by atoms with E-state index in [9.17, 15) is 52.8 Å². The summed E-state index contributed by atoms with van der Waals surface area (Å²) < 4.78 is 141. The first-order valence-corrected chi connectivity index (χ1v) is 5.20. The number of halogens is 12. The quantitative estimate of drug-likeness (QED) is 0.566. The second-order valence-corrected chi connectivity index (χ2v) is 4.04. The fourth-order valence-electron chi connectivity index (χ4n) is 0.593. The van der Waals surface area contributed by atoms with E-state index in [0.717, 1.165) is 6.92 Å². The maximum absolute atomic E-state index is 12.4. The molecule has 0 saturated carbocycles. The van der Waals surface area contributed by atoms with Crippen molar-refractivity contribution in [3.05, 3.63) is 0 Å². The first-order valence-electron chi connectivity index (χ1n) is 5.20. The zero-order valence-corrected chi connectivity index (χ0v) is 10.9. The summed E-state index contributed by atoms with van der Waals surface area (Å²) in [6.07, 6.45) is -13.8. The molecular formula is C9H10F12O. The lowest BCUT2D eigenvalue weighted by atomic mass is 10.0. The maximum Gasteiger partial charge on any atom is 0.449 e. The molecule has 0 saturated heterocycles. The molecule has 22 heavy (non-hydrogen) atoms. The van der Waals surface area contributed by atoms with E-state index in [1.54, 1.807) is 0 Å². The van der Waals surface area contributed by atoms with Crippen molar-refractivity contribution < 1.29 is 57.8 Å². The molecule has 0 unspecified atom stereocenters. The van der Waals surface area contributed by atoms with Crippen LogP contribution in [-0.4, -0.2) is 30.1 Å². The Morgan fingerprint density at radius 3 is 1.23 bits per heavy atom. The van der Waals surface area contributed by atoms with Gasteiger partial charge in [0.05, 0.1) is 6.42 Å². The Labute approximate surface area is 116 Å². The molecule has 1 nitrogen and oxygen atoms in total. The van der Waals surface area contributed by atoms with Gasteiger partial charge in [0.1, 0.15) is 0 Å². The van der Waals surface area contributed by atoms with Gasteiger partial charge in [0.15, 0.2) is 0 Å². The van der Waals surface area contributed by atoms with Crippen LogP contribution < -0.4 is 0 Å². The van der Waals surface area contributed by atoms with Gasteiger partial charge in [0, 0.05) is 13.3 Å². The highest BCUT2D eigenvalue weighted by Crippen LogP contribution is 2.47. The summed E-state index contributed by atoms with van der Waals surface area (Å²) >= 11 is 0. The van der Waals surface area contributed by atoms with Crippen LogP contribution in [0.5, 0.6) is 0 Å². The molecule has 13 heteroatoms. The molecule has 136 valence electrons. The molecule has 0 aromatic rings. The van der Waals surface area contributed by atoms with Crippen LogP contribution >= 0.6 is 0 Å². The Bertz CT molecular complexity index is 328. The van der Waals surface area contributed by atoms with Gasteiger partial charge in [-0.2, -0.15) is 39.5 Å². The van der Waals surface area contributed by atoms with E-state index in [1.165, 1.54) is 4.94 Å². The first-order chi connectivity index (χ1) is 9.33. The summed E-state index contributed by atoms with van der Waals surface area (Å²) in [7, 11) is 0. The second kappa shape index (κ2) is 7.13. The van der Waals surface area contributed by atoms with E-state index in [0.29, 0.717) is 0 Å². The monoisotopic (exact) mass is 362 g/mol. The predicted molar refractivity (Wildman–Crippen MR) is 48.6 cm³/mol. The van der Waals surface area contributed by atoms with E-state index >= 15 is 0 Å². The second-order valence-electron chi connectivity index (χ2n) is 4.04. The smallest absolute Gasteiger partial charge is 0.200 e. The van der Waals surface area contributed by atoms with Crippen molar-refractivity contribution >= 4 is 0 Å². The lowest BCUT2D eigenvalue weighted by molar-refractivity contribution is -0.432. The Kier molecular flexibility index (Phi) is 7.58. The largest absolute Gasteiger partial charge is 0.449 e. The van der Waals surface area contributed by atoms with E-state index in [1.807, 2.05) is 0 Å². The fourth-order valence-corrected chi connectivity index (χ4v) is 0.593. The zero-order valence-electron chi connectivity index (χ0n) is 10.9. The minimum absolute atomic E-state index is 0.433. The van der Waals surface area contributed by atoms with Crippen LogP contribution in [0.25, 0.3) is 0 Å². The van der Waals surface area contributed by atoms with Gasteiger partial charge >= 0.3 is 30.1 Å². The molecule has 0 aromatic heterocycles. The SMILES string of the molecule is CC(F)(F)C(F)(F)CC(F)(F)C(F)(F)OF.CCC(F)(F)F. The molecule has 0 fully saturated rings. The molecule has 0 N–H and O–H groups in total. The third-order valence-electron chi connectivity index (χ3n) is 2.01. The van der Waals surface area contributed by atoms with Crippen LogP contribution in [0, 0.1) is 0 Å². The van der Waals surface area contributed by atoms with Gasteiger partial charge in [-0.25, -0.2) is 8.78 Å². The van der Waals surface area contributed by atoms with Gasteiger partial charge in [-0.3, -0.25) is 0 Å². The van der Waals surface area contributed by atoms with Crippen molar-refractivity contribution in [1.82, 2.24) is 0 Å². The third kappa shape index (κ3) is 7.40. The van der Waals surface area contributed by atoms with Crippen molar-refractivity contribution in [2.75, 3.05) is 0 Å². The normalized spacial score (nSPS) is 14.5. The van der Waals surface area contributed by atoms with Gasteiger partial charge in [0.2, 0.25) is 0 Å². The van der Waals surface area contributed by atoms with Crippen LogP contribution in [0.4, 0.5) is 52.8 Å². The molecule has 0 heterocycles. The average Bonchev–Trinajstić information content (AvgIpc) is 2.25. The van der Waals surface area contributed by atoms with Crippen molar-refractivity contribution in [3.8, 4) is 0 Å². The summed E-state index contributed by atoms with van der Waals surface area (Å²) in [5.41, 5.74) is 0. The molecule has 0 aliphatic rings. The summed E-state index contributed by atoms with van der Waals surface area (Å²) in [6.45, 7) is 0.650. The minimum Gasteiger partial charge on any atom is -0.200 e. The van der Waals surface area contributed by atoms with Gasteiger partial charge in [0.25, 0.3) is 0 Å². The number of hydrogen-bond donors (Lipinski definition) is 0. The van der Waals surface area contributed by atoms with Crippen molar-refractivity contribution in [2.45, 2.75) is 56.7 Å². The van der Waals surface area contributed by atoms with Crippen LogP contribution in [0.15, 0.2) is 0 Å². The molecule has 0 aliphatic carbocycles. The molecule has 0 radical (unpaired) electrons.